The average molecular weight is 581 g/mol. The van der Waals surface area contributed by atoms with Gasteiger partial charge in [0.15, 0.2) is 5.65 Å². The smallest absolute Gasteiger partial charge is 0.256 e. The molecule has 11 nitrogen and oxygen atoms in total. The number of sulfonamides is 1. The molecule has 3 fully saturated rings. The number of carbonyl (C=O) groups excluding carboxylic acids is 1. The second-order valence-electron chi connectivity index (χ2n) is 12.0. The lowest BCUT2D eigenvalue weighted by Gasteiger charge is -2.38. The van der Waals surface area contributed by atoms with Crippen molar-refractivity contribution in [2.75, 3.05) is 53.5 Å². The number of amides is 1. The molecule has 2 N–H and O–H groups in total. The molecule has 2 aromatic heterocycles. The van der Waals surface area contributed by atoms with Crippen LogP contribution in [-0.4, -0.2) is 84.9 Å². The highest BCUT2D eigenvalue weighted by Crippen LogP contribution is 2.35. The Kier molecular flexibility index (Phi) is 7.31. The molecule has 0 radical (unpaired) electrons. The van der Waals surface area contributed by atoms with Crippen LogP contribution >= 0.6 is 0 Å². The van der Waals surface area contributed by atoms with E-state index in [1.807, 2.05) is 22.4 Å². The molecule has 1 amide bonds. The van der Waals surface area contributed by atoms with Crippen LogP contribution in [0, 0.1) is 6.92 Å². The second kappa shape index (κ2) is 10.8. The van der Waals surface area contributed by atoms with Gasteiger partial charge in [0.2, 0.25) is 10.0 Å². The van der Waals surface area contributed by atoms with Crippen molar-refractivity contribution in [1.82, 2.24) is 24.8 Å². The molecule has 3 unspecified atom stereocenters. The van der Waals surface area contributed by atoms with Crippen molar-refractivity contribution in [2.45, 2.75) is 64.6 Å². The maximum atomic E-state index is 14.1. The Morgan fingerprint density at radius 3 is 2.44 bits per heavy atom. The molecule has 0 bridgehead atoms. The lowest BCUT2D eigenvalue weighted by atomic mass is 9.97. The van der Waals surface area contributed by atoms with Crippen LogP contribution in [0.2, 0.25) is 0 Å². The van der Waals surface area contributed by atoms with E-state index in [1.54, 1.807) is 18.2 Å². The van der Waals surface area contributed by atoms with Gasteiger partial charge in [0, 0.05) is 56.9 Å². The van der Waals surface area contributed by atoms with Crippen molar-refractivity contribution < 1.29 is 13.2 Å². The van der Waals surface area contributed by atoms with E-state index in [0.29, 0.717) is 29.9 Å². The first kappa shape index (κ1) is 27.8. The third kappa shape index (κ3) is 5.72. The highest BCUT2D eigenvalue weighted by molar-refractivity contribution is 7.92. The second-order valence-corrected chi connectivity index (χ2v) is 13.7. The van der Waals surface area contributed by atoms with Gasteiger partial charge in [-0.15, -0.1) is 0 Å². The minimum Gasteiger partial charge on any atom is -0.356 e. The van der Waals surface area contributed by atoms with Crippen molar-refractivity contribution >= 4 is 38.9 Å². The van der Waals surface area contributed by atoms with Gasteiger partial charge in [-0.3, -0.25) is 9.52 Å². The molecule has 0 saturated carbocycles. The molecule has 3 saturated heterocycles. The third-order valence-corrected chi connectivity index (χ3v) is 8.87. The van der Waals surface area contributed by atoms with E-state index >= 15 is 0 Å². The summed E-state index contributed by atoms with van der Waals surface area (Å²) in [7, 11) is -3.55. The van der Waals surface area contributed by atoms with Gasteiger partial charge in [0.1, 0.15) is 11.6 Å². The largest absolute Gasteiger partial charge is 0.356 e. The molecule has 12 heteroatoms. The predicted molar refractivity (Wildman–Crippen MR) is 161 cm³/mol. The van der Waals surface area contributed by atoms with Crippen LogP contribution in [0.1, 0.15) is 67.2 Å². The Balaban J connectivity index is 1.39. The van der Waals surface area contributed by atoms with Crippen LogP contribution in [0.4, 0.5) is 17.3 Å². The zero-order valence-electron chi connectivity index (χ0n) is 24.3. The molecular weight excluding hydrogens is 540 g/mol. The number of rotatable bonds is 6. The fourth-order valence-corrected chi connectivity index (χ4v) is 6.91. The Morgan fingerprint density at radius 1 is 1.00 bits per heavy atom. The molecule has 5 heterocycles. The van der Waals surface area contributed by atoms with E-state index < -0.39 is 10.0 Å². The molecule has 41 heavy (non-hydrogen) atoms. The summed E-state index contributed by atoms with van der Waals surface area (Å²) in [6.45, 7) is 10.6. The first-order chi connectivity index (χ1) is 19.6. The first-order valence-corrected chi connectivity index (χ1v) is 16.5. The highest BCUT2D eigenvalue weighted by atomic mass is 32.2. The zero-order valence-corrected chi connectivity index (χ0v) is 25.1. The Morgan fingerprint density at radius 2 is 1.76 bits per heavy atom. The summed E-state index contributed by atoms with van der Waals surface area (Å²) in [5, 5.41) is 8.72. The molecular formula is C29H40N8O3S. The van der Waals surface area contributed by atoms with Crippen LogP contribution in [0.3, 0.4) is 0 Å². The Bertz CT molecular complexity index is 1560. The number of aryl methyl sites for hydroxylation is 1. The normalized spacial score (nSPS) is 23.5. The average Bonchev–Trinajstić information content (AvgIpc) is 3.30. The van der Waals surface area contributed by atoms with Crippen molar-refractivity contribution in [3.05, 3.63) is 47.2 Å². The molecule has 3 aromatic rings. The molecule has 3 aliphatic rings. The molecule has 220 valence electrons. The maximum Gasteiger partial charge on any atom is 0.256 e. The van der Waals surface area contributed by atoms with Crippen molar-refractivity contribution in [2.24, 2.45) is 0 Å². The molecule has 6 rings (SSSR count). The highest BCUT2D eigenvalue weighted by Gasteiger charge is 2.33. The van der Waals surface area contributed by atoms with Crippen molar-refractivity contribution in [3.8, 4) is 0 Å². The minimum absolute atomic E-state index is 0.194. The summed E-state index contributed by atoms with van der Waals surface area (Å²) in [5.74, 6) is 1.80. The number of aromatic nitrogens is 3. The standard InChI is InChI=1S/C29H40N8O3S/c1-19-9-10-23(33-41(4,39)40)22(14-19)29(38)36-13-6-5-8-25(36)24-15-27-31-26(34-11-7-12-34)16-28(37(27)32-24)35-17-20(2)30-21(3)18-35/h9-10,14-16,20-21,25,30,33H,5-8,11-13,17-18H2,1-4H3. The van der Waals surface area contributed by atoms with E-state index in [1.165, 1.54) is 6.42 Å². The number of nitrogens with zero attached hydrogens (tertiary/aromatic N) is 6. The number of hydrogen-bond acceptors (Lipinski definition) is 8. The molecule has 3 atom stereocenters. The van der Waals surface area contributed by atoms with Crippen molar-refractivity contribution in [1.29, 1.82) is 0 Å². The maximum absolute atomic E-state index is 14.1. The SMILES string of the molecule is Cc1ccc(NS(C)(=O)=O)c(C(=O)N2CCCCC2c2cc3nc(N4CCC4)cc(N4CC(C)NC(C)C4)n3n2)c1. The molecule has 0 spiro atoms. The monoisotopic (exact) mass is 580 g/mol. The van der Waals surface area contributed by atoms with Crippen LogP contribution in [0.25, 0.3) is 5.65 Å². The van der Waals surface area contributed by atoms with Crippen molar-refractivity contribution in [3.63, 3.8) is 0 Å². The van der Waals surface area contributed by atoms with E-state index in [-0.39, 0.29) is 11.9 Å². The molecule has 3 aliphatic heterocycles. The topological polar surface area (TPSA) is 115 Å². The Hall–Kier alpha value is -3.38. The summed E-state index contributed by atoms with van der Waals surface area (Å²) < 4.78 is 28.6. The van der Waals surface area contributed by atoms with Gasteiger partial charge in [-0.2, -0.15) is 9.61 Å². The third-order valence-electron chi connectivity index (χ3n) is 8.28. The number of likely N-dealkylation sites (tertiary alicyclic amines) is 1. The molecule has 0 aliphatic carbocycles. The van der Waals surface area contributed by atoms with Gasteiger partial charge >= 0.3 is 0 Å². The Labute approximate surface area is 242 Å². The lowest BCUT2D eigenvalue weighted by Crippen LogP contribution is -2.54. The van der Waals surface area contributed by atoms with Gasteiger partial charge in [0.25, 0.3) is 5.91 Å². The fourth-order valence-electron chi connectivity index (χ4n) is 6.33. The quantitative estimate of drug-likeness (QED) is 0.457. The van der Waals surface area contributed by atoms with E-state index in [4.69, 9.17) is 10.1 Å². The summed E-state index contributed by atoms with van der Waals surface area (Å²) in [6, 6.07) is 9.89. The number of nitrogens with one attached hydrogen (secondary N) is 2. The number of fused-ring (bicyclic) bond motifs is 1. The minimum atomic E-state index is -3.55. The fraction of sp³-hybridized carbons (Fsp3) is 0.552. The van der Waals surface area contributed by atoms with Gasteiger partial charge in [-0.05, 0) is 58.6 Å². The summed E-state index contributed by atoms with van der Waals surface area (Å²) in [6.07, 6.45) is 4.92. The first-order valence-electron chi connectivity index (χ1n) is 14.6. The number of carbonyl (C=O) groups is 1. The summed E-state index contributed by atoms with van der Waals surface area (Å²) >= 11 is 0. The number of benzene rings is 1. The van der Waals surface area contributed by atoms with Gasteiger partial charge < -0.3 is 20.0 Å². The lowest BCUT2D eigenvalue weighted by molar-refractivity contribution is 0.0606. The number of piperazine rings is 1. The van der Waals surface area contributed by atoms with Gasteiger partial charge in [0.05, 0.1) is 29.2 Å². The van der Waals surface area contributed by atoms with Crippen LogP contribution < -0.4 is 19.8 Å². The van der Waals surface area contributed by atoms with Gasteiger partial charge in [-0.25, -0.2) is 13.4 Å². The predicted octanol–water partition coefficient (Wildman–Crippen LogP) is 3.17. The van der Waals surface area contributed by atoms with Crippen LogP contribution in [0.5, 0.6) is 0 Å². The van der Waals surface area contributed by atoms with Crippen LogP contribution in [0.15, 0.2) is 30.3 Å². The number of piperidine rings is 1. The molecule has 1 aromatic carbocycles. The van der Waals surface area contributed by atoms with Crippen LogP contribution in [-0.2, 0) is 10.0 Å². The van der Waals surface area contributed by atoms with E-state index in [9.17, 15) is 13.2 Å². The van der Waals surface area contributed by atoms with E-state index in [2.05, 4.69) is 39.8 Å². The number of anilines is 3. The zero-order chi connectivity index (χ0) is 28.9. The summed E-state index contributed by atoms with van der Waals surface area (Å²) in [5.41, 5.74) is 3.14. The van der Waals surface area contributed by atoms with Gasteiger partial charge in [-0.1, -0.05) is 11.6 Å². The number of hydrogen-bond donors (Lipinski definition) is 2. The van der Waals surface area contributed by atoms with E-state index in [0.717, 1.165) is 80.2 Å². The summed E-state index contributed by atoms with van der Waals surface area (Å²) in [4.78, 5) is 25.6.